The van der Waals surface area contributed by atoms with Crippen molar-refractivity contribution < 1.29 is 9.84 Å². The quantitative estimate of drug-likeness (QED) is 0.761. The summed E-state index contributed by atoms with van der Waals surface area (Å²) in [6.07, 6.45) is 3.29. The monoisotopic (exact) mass is 312 g/mol. The maximum atomic E-state index is 12.5. The summed E-state index contributed by atoms with van der Waals surface area (Å²) in [5.74, 6) is 1.27. The van der Waals surface area contributed by atoms with Crippen molar-refractivity contribution in [2.75, 3.05) is 12.4 Å². The first-order valence-electron chi connectivity index (χ1n) is 7.03. The lowest BCUT2D eigenvalue weighted by Crippen LogP contribution is -2.22. The number of aliphatic hydroxyl groups is 1. The van der Waals surface area contributed by atoms with Crippen LogP contribution in [0.15, 0.2) is 41.5 Å². The maximum absolute atomic E-state index is 12.5. The Kier molecular flexibility index (Phi) is 3.94. The number of aliphatic hydroxyl groups excluding tert-OH is 1. The van der Waals surface area contributed by atoms with Crippen molar-refractivity contribution in [3.63, 3.8) is 0 Å². The Morgan fingerprint density at radius 3 is 2.83 bits per heavy atom. The SMILES string of the molecule is COc1cccn2c(=O)c(CO)c(Nc3ccc(C)cn3)nc12. The smallest absolute Gasteiger partial charge is 0.265 e. The van der Waals surface area contributed by atoms with Gasteiger partial charge in [0.05, 0.1) is 19.3 Å². The molecule has 0 radical (unpaired) electrons. The Labute approximate surface area is 132 Å². The van der Waals surface area contributed by atoms with Crippen molar-refractivity contribution in [3.8, 4) is 5.75 Å². The van der Waals surface area contributed by atoms with Crippen molar-refractivity contribution in [1.29, 1.82) is 0 Å². The Hall–Kier alpha value is -2.93. The number of hydrogen-bond acceptors (Lipinski definition) is 6. The van der Waals surface area contributed by atoms with E-state index in [9.17, 15) is 9.90 Å². The standard InChI is InChI=1S/C16H16N4O3/c1-10-5-6-13(17-8-10)18-14-11(9-21)16(22)20-7-3-4-12(23-2)15(20)19-14/h3-8,21H,9H2,1-2H3,(H,17,18). The minimum atomic E-state index is -0.430. The highest BCUT2D eigenvalue weighted by atomic mass is 16.5. The summed E-state index contributed by atoms with van der Waals surface area (Å²) < 4.78 is 6.59. The lowest BCUT2D eigenvalue weighted by atomic mass is 10.3. The fraction of sp³-hybridized carbons (Fsp3) is 0.188. The molecule has 0 aliphatic heterocycles. The first-order valence-corrected chi connectivity index (χ1v) is 7.03. The lowest BCUT2D eigenvalue weighted by molar-refractivity contribution is 0.280. The van der Waals surface area contributed by atoms with Crippen LogP contribution in [0.2, 0.25) is 0 Å². The summed E-state index contributed by atoms with van der Waals surface area (Å²) in [7, 11) is 1.51. The molecule has 0 atom stereocenters. The molecule has 0 saturated carbocycles. The number of aromatic nitrogens is 3. The van der Waals surface area contributed by atoms with Gasteiger partial charge in [-0.2, -0.15) is 0 Å². The van der Waals surface area contributed by atoms with E-state index in [0.29, 0.717) is 17.2 Å². The van der Waals surface area contributed by atoms with Crippen LogP contribution in [-0.2, 0) is 6.61 Å². The zero-order valence-corrected chi connectivity index (χ0v) is 12.8. The summed E-state index contributed by atoms with van der Waals surface area (Å²) in [6, 6.07) is 7.07. The number of fused-ring (bicyclic) bond motifs is 1. The highest BCUT2D eigenvalue weighted by Gasteiger charge is 2.15. The number of anilines is 2. The number of aryl methyl sites for hydroxylation is 1. The molecule has 0 bridgehead atoms. The molecule has 3 heterocycles. The van der Waals surface area contributed by atoms with Gasteiger partial charge in [0.25, 0.3) is 5.56 Å². The van der Waals surface area contributed by atoms with E-state index in [0.717, 1.165) is 5.56 Å². The molecule has 2 N–H and O–H groups in total. The Morgan fingerprint density at radius 1 is 1.35 bits per heavy atom. The van der Waals surface area contributed by atoms with Crippen LogP contribution in [0.5, 0.6) is 5.75 Å². The summed E-state index contributed by atoms with van der Waals surface area (Å²) in [6.45, 7) is 1.50. The van der Waals surface area contributed by atoms with E-state index >= 15 is 0 Å². The van der Waals surface area contributed by atoms with Gasteiger partial charge >= 0.3 is 0 Å². The zero-order chi connectivity index (χ0) is 16.4. The van der Waals surface area contributed by atoms with Crippen LogP contribution < -0.4 is 15.6 Å². The fourth-order valence-electron chi connectivity index (χ4n) is 2.24. The second-order valence-corrected chi connectivity index (χ2v) is 5.02. The Balaban J connectivity index is 2.18. The van der Waals surface area contributed by atoms with Crippen LogP contribution in [0.3, 0.4) is 0 Å². The summed E-state index contributed by atoms with van der Waals surface area (Å²) in [4.78, 5) is 21.2. The third-order valence-corrected chi connectivity index (χ3v) is 3.45. The molecule has 0 aliphatic carbocycles. The van der Waals surface area contributed by atoms with Crippen LogP contribution in [0, 0.1) is 6.92 Å². The second-order valence-electron chi connectivity index (χ2n) is 5.02. The van der Waals surface area contributed by atoms with Crippen molar-refractivity contribution >= 4 is 17.3 Å². The number of rotatable bonds is 4. The number of ether oxygens (including phenoxy) is 1. The van der Waals surface area contributed by atoms with Gasteiger partial charge in [0.2, 0.25) is 0 Å². The molecule has 0 amide bonds. The van der Waals surface area contributed by atoms with E-state index in [1.807, 2.05) is 13.0 Å². The maximum Gasteiger partial charge on any atom is 0.265 e. The first-order chi connectivity index (χ1) is 11.1. The predicted molar refractivity (Wildman–Crippen MR) is 86.2 cm³/mol. The van der Waals surface area contributed by atoms with Gasteiger partial charge in [0.15, 0.2) is 11.4 Å². The number of hydrogen-bond donors (Lipinski definition) is 2. The molecule has 118 valence electrons. The summed E-state index contributed by atoms with van der Waals surface area (Å²) in [5, 5.41) is 12.5. The van der Waals surface area contributed by atoms with Crippen LogP contribution in [0.4, 0.5) is 11.6 Å². The molecule has 3 aromatic heterocycles. The molecular formula is C16H16N4O3. The van der Waals surface area contributed by atoms with Gasteiger partial charge in [0, 0.05) is 12.4 Å². The zero-order valence-electron chi connectivity index (χ0n) is 12.8. The molecule has 3 aromatic rings. The van der Waals surface area contributed by atoms with E-state index in [1.165, 1.54) is 11.5 Å². The largest absolute Gasteiger partial charge is 0.493 e. The highest BCUT2D eigenvalue weighted by Crippen LogP contribution is 2.21. The summed E-state index contributed by atoms with van der Waals surface area (Å²) >= 11 is 0. The predicted octanol–water partition coefficient (Wildman–Crippen LogP) is 1.64. The van der Waals surface area contributed by atoms with Crippen LogP contribution in [0.1, 0.15) is 11.1 Å². The second kappa shape index (κ2) is 6.05. The van der Waals surface area contributed by atoms with Crippen molar-refractivity contribution in [2.24, 2.45) is 0 Å². The minimum Gasteiger partial charge on any atom is -0.493 e. The molecule has 0 saturated heterocycles. The van der Waals surface area contributed by atoms with Crippen LogP contribution in [-0.4, -0.2) is 26.6 Å². The van der Waals surface area contributed by atoms with Crippen molar-refractivity contribution in [2.45, 2.75) is 13.5 Å². The average Bonchev–Trinajstić information content (AvgIpc) is 2.57. The molecule has 3 rings (SSSR count). The van der Waals surface area contributed by atoms with Gasteiger partial charge in [-0.1, -0.05) is 6.07 Å². The van der Waals surface area contributed by atoms with E-state index in [4.69, 9.17) is 4.74 Å². The number of pyridine rings is 2. The molecule has 0 spiro atoms. The van der Waals surface area contributed by atoms with Gasteiger partial charge in [-0.05, 0) is 30.7 Å². The number of nitrogens with zero attached hydrogens (tertiary/aromatic N) is 3. The molecule has 7 nitrogen and oxygen atoms in total. The van der Waals surface area contributed by atoms with E-state index < -0.39 is 6.61 Å². The molecule has 23 heavy (non-hydrogen) atoms. The molecule has 7 heteroatoms. The van der Waals surface area contributed by atoms with E-state index in [-0.39, 0.29) is 16.9 Å². The van der Waals surface area contributed by atoms with Crippen LogP contribution in [0.25, 0.3) is 5.65 Å². The molecule has 0 aliphatic rings. The Bertz CT molecular complexity index is 904. The minimum absolute atomic E-state index is 0.165. The number of nitrogens with one attached hydrogen (secondary N) is 1. The van der Waals surface area contributed by atoms with Crippen molar-refractivity contribution in [1.82, 2.24) is 14.4 Å². The van der Waals surface area contributed by atoms with Gasteiger partial charge in [0.1, 0.15) is 11.6 Å². The molecule has 0 unspecified atom stereocenters. The van der Waals surface area contributed by atoms with Gasteiger partial charge in [-0.3, -0.25) is 9.20 Å². The van der Waals surface area contributed by atoms with Gasteiger partial charge in [-0.15, -0.1) is 0 Å². The summed E-state index contributed by atoms with van der Waals surface area (Å²) in [5.41, 5.74) is 1.20. The number of methoxy groups -OCH3 is 1. The lowest BCUT2D eigenvalue weighted by Gasteiger charge is -2.12. The normalized spacial score (nSPS) is 10.7. The third kappa shape index (κ3) is 2.74. The topological polar surface area (TPSA) is 88.8 Å². The van der Waals surface area contributed by atoms with E-state index in [2.05, 4.69) is 15.3 Å². The third-order valence-electron chi connectivity index (χ3n) is 3.45. The van der Waals surface area contributed by atoms with Crippen molar-refractivity contribution in [3.05, 3.63) is 58.1 Å². The Morgan fingerprint density at radius 2 is 2.17 bits per heavy atom. The van der Waals surface area contributed by atoms with Gasteiger partial charge < -0.3 is 15.2 Å². The van der Waals surface area contributed by atoms with Crippen LogP contribution >= 0.6 is 0 Å². The van der Waals surface area contributed by atoms with Gasteiger partial charge in [-0.25, -0.2) is 9.97 Å². The molecule has 0 aromatic carbocycles. The van der Waals surface area contributed by atoms with E-state index in [1.54, 1.807) is 30.6 Å². The first kappa shape index (κ1) is 15.0. The molecule has 0 fully saturated rings. The fourth-order valence-corrected chi connectivity index (χ4v) is 2.24. The molecular weight excluding hydrogens is 296 g/mol. The highest BCUT2D eigenvalue weighted by molar-refractivity contribution is 5.63. The average molecular weight is 312 g/mol.